The first-order valence-electron chi connectivity index (χ1n) is 6.00. The standard InChI is InChI=1S/C11H17N3O3/c15-11(5-9-3-1-2-4-9)8-13-7-10(6-12-13)14(16)17/h6-7,9,11,15H,1-5,8H2. The van der Waals surface area contributed by atoms with Crippen LogP contribution in [0.25, 0.3) is 0 Å². The van der Waals surface area contributed by atoms with E-state index in [1.165, 1.54) is 42.8 Å². The van der Waals surface area contributed by atoms with Gasteiger partial charge in [0.15, 0.2) is 0 Å². The van der Waals surface area contributed by atoms with Crippen molar-refractivity contribution in [3.63, 3.8) is 0 Å². The molecule has 0 spiro atoms. The molecule has 0 amide bonds. The quantitative estimate of drug-likeness (QED) is 0.626. The maximum atomic E-state index is 10.5. The predicted molar refractivity (Wildman–Crippen MR) is 61.5 cm³/mol. The normalized spacial score (nSPS) is 18.4. The summed E-state index contributed by atoms with van der Waals surface area (Å²) in [4.78, 5) is 9.99. The van der Waals surface area contributed by atoms with Gasteiger partial charge in [-0.3, -0.25) is 14.8 Å². The smallest absolute Gasteiger partial charge is 0.306 e. The van der Waals surface area contributed by atoms with Gasteiger partial charge >= 0.3 is 5.69 Å². The molecule has 1 heterocycles. The predicted octanol–water partition coefficient (Wildman–Crippen LogP) is 1.73. The van der Waals surface area contributed by atoms with Crippen molar-refractivity contribution in [2.45, 2.75) is 44.8 Å². The van der Waals surface area contributed by atoms with Crippen molar-refractivity contribution in [1.29, 1.82) is 0 Å². The van der Waals surface area contributed by atoms with Crippen molar-refractivity contribution in [1.82, 2.24) is 9.78 Å². The highest BCUT2D eigenvalue weighted by molar-refractivity contribution is 5.20. The summed E-state index contributed by atoms with van der Waals surface area (Å²) in [5, 5.41) is 24.2. The summed E-state index contributed by atoms with van der Waals surface area (Å²) in [6, 6.07) is 0. The molecule has 0 radical (unpaired) electrons. The van der Waals surface area contributed by atoms with E-state index in [9.17, 15) is 15.2 Å². The number of aromatic nitrogens is 2. The van der Waals surface area contributed by atoms with E-state index < -0.39 is 11.0 Å². The fourth-order valence-electron chi connectivity index (χ4n) is 2.47. The molecule has 6 nitrogen and oxygen atoms in total. The van der Waals surface area contributed by atoms with Gasteiger partial charge in [-0.25, -0.2) is 0 Å². The van der Waals surface area contributed by atoms with Crippen LogP contribution in [0, 0.1) is 16.0 Å². The van der Waals surface area contributed by atoms with Gasteiger partial charge in [0.2, 0.25) is 0 Å². The van der Waals surface area contributed by atoms with Crippen LogP contribution in [0.2, 0.25) is 0 Å². The minimum absolute atomic E-state index is 0.0296. The number of nitro groups is 1. The van der Waals surface area contributed by atoms with E-state index in [0.29, 0.717) is 12.5 Å². The van der Waals surface area contributed by atoms with Crippen molar-refractivity contribution < 1.29 is 10.0 Å². The van der Waals surface area contributed by atoms with Gasteiger partial charge in [-0.05, 0) is 12.3 Å². The SMILES string of the molecule is O=[N+]([O-])c1cnn(CC(O)CC2CCCC2)c1. The van der Waals surface area contributed by atoms with Crippen LogP contribution in [0.4, 0.5) is 5.69 Å². The summed E-state index contributed by atoms with van der Waals surface area (Å²) in [7, 11) is 0. The Labute approximate surface area is 99.4 Å². The molecule has 1 aliphatic rings. The Morgan fingerprint density at radius 3 is 2.88 bits per heavy atom. The van der Waals surface area contributed by atoms with Crippen molar-refractivity contribution >= 4 is 5.69 Å². The Bertz CT molecular complexity index is 385. The third-order valence-corrected chi connectivity index (χ3v) is 3.31. The first-order chi connectivity index (χ1) is 8.15. The molecule has 0 aliphatic heterocycles. The number of hydrogen-bond acceptors (Lipinski definition) is 4. The zero-order valence-electron chi connectivity index (χ0n) is 9.66. The summed E-state index contributed by atoms with van der Waals surface area (Å²) < 4.78 is 1.44. The fraction of sp³-hybridized carbons (Fsp3) is 0.727. The molecule has 1 unspecified atom stereocenters. The lowest BCUT2D eigenvalue weighted by molar-refractivity contribution is -0.385. The monoisotopic (exact) mass is 239 g/mol. The summed E-state index contributed by atoms with van der Waals surface area (Å²) in [5.41, 5.74) is -0.0296. The molecule has 1 aromatic heterocycles. The van der Waals surface area contributed by atoms with E-state index >= 15 is 0 Å². The average molecular weight is 239 g/mol. The van der Waals surface area contributed by atoms with E-state index in [1.54, 1.807) is 0 Å². The maximum absolute atomic E-state index is 10.5. The second-order valence-corrected chi connectivity index (χ2v) is 4.72. The number of aliphatic hydroxyl groups is 1. The lowest BCUT2D eigenvalue weighted by Gasteiger charge is -2.14. The van der Waals surface area contributed by atoms with Gasteiger partial charge in [-0.1, -0.05) is 25.7 Å². The van der Waals surface area contributed by atoms with Crippen LogP contribution in [0.5, 0.6) is 0 Å². The Morgan fingerprint density at radius 1 is 1.59 bits per heavy atom. The largest absolute Gasteiger partial charge is 0.391 e. The molecule has 94 valence electrons. The van der Waals surface area contributed by atoms with Crippen molar-refractivity contribution in [3.05, 3.63) is 22.5 Å². The van der Waals surface area contributed by atoms with Crippen LogP contribution in [-0.2, 0) is 6.54 Å². The van der Waals surface area contributed by atoms with Crippen LogP contribution < -0.4 is 0 Å². The van der Waals surface area contributed by atoms with Gasteiger partial charge in [0.05, 0.1) is 17.6 Å². The van der Waals surface area contributed by atoms with E-state index in [-0.39, 0.29) is 5.69 Å². The Morgan fingerprint density at radius 2 is 2.29 bits per heavy atom. The van der Waals surface area contributed by atoms with E-state index in [2.05, 4.69) is 5.10 Å². The highest BCUT2D eigenvalue weighted by Gasteiger charge is 2.19. The molecule has 1 fully saturated rings. The minimum atomic E-state index is -0.479. The van der Waals surface area contributed by atoms with Gasteiger partial charge < -0.3 is 5.11 Å². The summed E-state index contributed by atoms with van der Waals surface area (Å²) in [6.45, 7) is 0.338. The zero-order valence-corrected chi connectivity index (χ0v) is 9.66. The molecule has 0 saturated heterocycles. The van der Waals surface area contributed by atoms with Gasteiger partial charge in [0.1, 0.15) is 12.4 Å². The van der Waals surface area contributed by atoms with Crippen LogP contribution >= 0.6 is 0 Å². The molecule has 1 saturated carbocycles. The summed E-state index contributed by atoms with van der Waals surface area (Å²) in [6.07, 6.45) is 7.77. The lowest BCUT2D eigenvalue weighted by Crippen LogP contribution is -2.19. The summed E-state index contributed by atoms with van der Waals surface area (Å²) in [5.74, 6) is 0.607. The first-order valence-corrected chi connectivity index (χ1v) is 6.00. The Kier molecular flexibility index (Phi) is 3.73. The van der Waals surface area contributed by atoms with Crippen molar-refractivity contribution in [3.8, 4) is 0 Å². The average Bonchev–Trinajstić information content (AvgIpc) is 2.88. The second kappa shape index (κ2) is 5.27. The molecule has 17 heavy (non-hydrogen) atoms. The number of rotatable bonds is 5. The zero-order chi connectivity index (χ0) is 12.3. The van der Waals surface area contributed by atoms with Crippen molar-refractivity contribution in [2.75, 3.05) is 0 Å². The molecule has 1 aliphatic carbocycles. The third-order valence-electron chi connectivity index (χ3n) is 3.31. The molecular formula is C11H17N3O3. The van der Waals surface area contributed by atoms with Crippen LogP contribution in [0.3, 0.4) is 0 Å². The number of nitrogens with zero attached hydrogens (tertiary/aromatic N) is 3. The molecule has 1 N–H and O–H groups in total. The highest BCUT2D eigenvalue weighted by atomic mass is 16.6. The maximum Gasteiger partial charge on any atom is 0.306 e. The van der Waals surface area contributed by atoms with Crippen molar-refractivity contribution in [2.24, 2.45) is 5.92 Å². The minimum Gasteiger partial charge on any atom is -0.391 e. The molecular weight excluding hydrogens is 222 g/mol. The number of aliphatic hydroxyl groups excluding tert-OH is 1. The number of hydrogen-bond donors (Lipinski definition) is 1. The van der Waals surface area contributed by atoms with Gasteiger partial charge in [0.25, 0.3) is 0 Å². The van der Waals surface area contributed by atoms with Crippen LogP contribution in [-0.4, -0.2) is 25.9 Å². The highest BCUT2D eigenvalue weighted by Crippen LogP contribution is 2.28. The van der Waals surface area contributed by atoms with Crippen LogP contribution in [0.1, 0.15) is 32.1 Å². The topological polar surface area (TPSA) is 81.2 Å². The Balaban J connectivity index is 1.84. The van der Waals surface area contributed by atoms with E-state index in [1.807, 2.05) is 0 Å². The van der Waals surface area contributed by atoms with Crippen LogP contribution in [0.15, 0.2) is 12.4 Å². The van der Waals surface area contributed by atoms with E-state index in [4.69, 9.17) is 0 Å². The van der Waals surface area contributed by atoms with Gasteiger partial charge in [-0.2, -0.15) is 5.10 Å². The molecule has 2 rings (SSSR count). The Hall–Kier alpha value is -1.43. The third kappa shape index (κ3) is 3.26. The van der Waals surface area contributed by atoms with Gasteiger partial charge in [0, 0.05) is 0 Å². The molecule has 0 bridgehead atoms. The molecule has 0 aromatic carbocycles. The molecule has 1 aromatic rings. The second-order valence-electron chi connectivity index (χ2n) is 4.72. The summed E-state index contributed by atoms with van der Waals surface area (Å²) >= 11 is 0. The van der Waals surface area contributed by atoms with Gasteiger partial charge in [-0.15, -0.1) is 0 Å². The lowest BCUT2D eigenvalue weighted by atomic mass is 10.0. The fourth-order valence-corrected chi connectivity index (χ4v) is 2.47. The van der Waals surface area contributed by atoms with E-state index in [0.717, 1.165) is 6.42 Å². The molecule has 6 heteroatoms. The molecule has 1 atom stereocenters. The first kappa shape index (κ1) is 12.0.